The van der Waals surface area contributed by atoms with Crippen molar-refractivity contribution in [2.45, 2.75) is 99.0 Å². The van der Waals surface area contributed by atoms with E-state index in [1.165, 1.54) is 0 Å². The fourth-order valence-electron chi connectivity index (χ4n) is 9.95. The lowest BCUT2D eigenvalue weighted by Crippen LogP contribution is -2.74. The van der Waals surface area contributed by atoms with Crippen LogP contribution in [0.15, 0.2) is 23.3 Å². The molecule has 0 aliphatic heterocycles. The average Bonchev–Trinajstić information content (AvgIpc) is 2.82. The molecule has 0 aromatic carbocycles. The van der Waals surface area contributed by atoms with E-state index in [4.69, 9.17) is 0 Å². The van der Waals surface area contributed by atoms with Gasteiger partial charge in [-0.1, -0.05) is 47.6 Å². The molecule has 0 aromatic rings. The molecule has 0 unspecified atom stereocenters. The molecule has 0 aromatic heterocycles. The van der Waals surface area contributed by atoms with Crippen LogP contribution in [0.3, 0.4) is 0 Å². The van der Waals surface area contributed by atoms with Gasteiger partial charge in [-0.05, 0) is 80.3 Å². The zero-order valence-electron chi connectivity index (χ0n) is 23.3. The summed E-state index contributed by atoms with van der Waals surface area (Å²) in [4.78, 5) is 39.7. The van der Waals surface area contributed by atoms with Crippen LogP contribution in [0.25, 0.3) is 0 Å². The second kappa shape index (κ2) is 7.23. The number of hydrogen-bond acceptors (Lipinski definition) is 5. The van der Waals surface area contributed by atoms with Crippen LogP contribution in [-0.2, 0) is 14.4 Å². The Balaban J connectivity index is 1.73. The summed E-state index contributed by atoms with van der Waals surface area (Å²) in [6.45, 7) is 14.0. The van der Waals surface area contributed by atoms with Crippen LogP contribution in [-0.4, -0.2) is 33.3 Å². The summed E-state index contributed by atoms with van der Waals surface area (Å²) in [5, 5.41) is 32.6. The molecule has 0 saturated heterocycles. The second-order valence-electron chi connectivity index (χ2n) is 14.7. The van der Waals surface area contributed by atoms with E-state index >= 15 is 0 Å². The summed E-state index contributed by atoms with van der Waals surface area (Å²) < 4.78 is 0. The third-order valence-corrected chi connectivity index (χ3v) is 12.8. The monoisotopic (exact) mass is 507 g/mol. The third-order valence-electron chi connectivity index (χ3n) is 12.8. The summed E-state index contributed by atoms with van der Waals surface area (Å²) in [6, 6.07) is 2.12. The number of nitrogens with zero attached hydrogens (tertiary/aromatic N) is 1. The topological polar surface area (TPSA) is 115 Å². The molecule has 0 heterocycles. The number of carbonyl (C=O) groups excluding carboxylic acids is 2. The van der Waals surface area contributed by atoms with Gasteiger partial charge in [-0.25, -0.2) is 0 Å². The van der Waals surface area contributed by atoms with Gasteiger partial charge in [0.05, 0.1) is 11.0 Å². The van der Waals surface area contributed by atoms with Gasteiger partial charge >= 0.3 is 5.97 Å². The molecule has 5 rings (SSSR count). The number of aliphatic carboxylic acids is 1. The number of hydrogen-bond donors (Lipinski definition) is 2. The zero-order chi connectivity index (χ0) is 27.6. The lowest BCUT2D eigenvalue weighted by Gasteiger charge is -2.71. The van der Waals surface area contributed by atoms with Gasteiger partial charge in [0.25, 0.3) is 0 Å². The van der Waals surface area contributed by atoms with Gasteiger partial charge in [-0.3, -0.25) is 14.4 Å². The third kappa shape index (κ3) is 2.82. The van der Waals surface area contributed by atoms with Crippen molar-refractivity contribution in [3.63, 3.8) is 0 Å². The highest BCUT2D eigenvalue weighted by atomic mass is 16.4. The molecule has 0 bridgehead atoms. The Morgan fingerprint density at radius 3 is 2.19 bits per heavy atom. The van der Waals surface area contributed by atoms with Crippen molar-refractivity contribution in [1.29, 1.82) is 5.26 Å². The number of ketones is 2. The largest absolute Gasteiger partial charge is 0.481 e. The molecule has 200 valence electrons. The first-order valence-electron chi connectivity index (χ1n) is 13.8. The van der Waals surface area contributed by atoms with Crippen molar-refractivity contribution >= 4 is 17.5 Å². The number of rotatable bonds is 1. The number of Topliss-reactive ketones (excluding diaryl/α,β-unsaturated/α-hetero) is 1. The van der Waals surface area contributed by atoms with E-state index in [0.717, 1.165) is 24.8 Å². The number of carboxylic acid groups (broad SMARTS) is 1. The number of carboxylic acids is 1. The predicted octanol–water partition coefficient (Wildman–Crippen LogP) is 5.41. The van der Waals surface area contributed by atoms with Gasteiger partial charge in [-0.2, -0.15) is 5.26 Å². The van der Waals surface area contributed by atoms with Gasteiger partial charge < -0.3 is 10.2 Å². The second-order valence-corrected chi connectivity index (χ2v) is 14.7. The summed E-state index contributed by atoms with van der Waals surface area (Å²) in [5.41, 5.74) is -4.67. The molecule has 0 radical (unpaired) electrons. The zero-order valence-corrected chi connectivity index (χ0v) is 23.3. The van der Waals surface area contributed by atoms with Crippen LogP contribution in [0.1, 0.15) is 93.4 Å². The van der Waals surface area contributed by atoms with E-state index in [2.05, 4.69) is 26.8 Å². The Morgan fingerprint density at radius 2 is 1.59 bits per heavy atom. The number of aliphatic hydroxyl groups is 1. The van der Waals surface area contributed by atoms with Crippen molar-refractivity contribution < 1.29 is 24.6 Å². The van der Waals surface area contributed by atoms with Gasteiger partial charge in [0.2, 0.25) is 0 Å². The van der Waals surface area contributed by atoms with Crippen molar-refractivity contribution in [2.75, 3.05) is 0 Å². The first-order chi connectivity index (χ1) is 16.9. The smallest absolute Gasteiger partial charge is 0.309 e. The quantitative estimate of drug-likeness (QED) is 0.491. The highest BCUT2D eigenvalue weighted by Gasteiger charge is 2.75. The maximum absolute atomic E-state index is 14.3. The molecular formula is C31H41NO5. The summed E-state index contributed by atoms with van der Waals surface area (Å²) in [5.74, 6) is -1.87. The van der Waals surface area contributed by atoms with Gasteiger partial charge in [0, 0.05) is 22.2 Å². The molecular weight excluding hydrogens is 466 g/mol. The van der Waals surface area contributed by atoms with Crippen molar-refractivity contribution in [3.05, 3.63) is 23.3 Å². The van der Waals surface area contributed by atoms with Crippen LogP contribution in [0.5, 0.6) is 0 Å². The van der Waals surface area contributed by atoms with E-state index in [1.54, 1.807) is 19.1 Å². The lowest BCUT2D eigenvalue weighted by molar-refractivity contribution is -0.243. The minimum atomic E-state index is -1.68. The molecule has 5 aliphatic carbocycles. The summed E-state index contributed by atoms with van der Waals surface area (Å²) >= 11 is 0. The number of fused-ring (bicyclic) bond motifs is 7. The normalized spacial score (nSPS) is 50.4. The van der Waals surface area contributed by atoms with Crippen molar-refractivity contribution in [2.24, 2.45) is 44.3 Å². The van der Waals surface area contributed by atoms with E-state index in [-0.39, 0.29) is 34.9 Å². The Kier molecular flexibility index (Phi) is 5.15. The molecule has 3 fully saturated rings. The van der Waals surface area contributed by atoms with Crippen LogP contribution >= 0.6 is 0 Å². The van der Waals surface area contributed by atoms with Crippen LogP contribution < -0.4 is 0 Å². The fraction of sp³-hybridized carbons (Fsp3) is 0.742. The molecule has 6 nitrogen and oxygen atoms in total. The standard InChI is InChI=1S/C31H41NO5/c1-25(2)19-8-9-29(6)20(28(19,5)15-18(17-32)23(25)34)14-22(33)31(37)21-16-27(4,24(35)36)11-10-26(21,3)12-13-30(29,31)7/h14-15,19,21,37H,8-13,16H2,1-7H3,(H,35,36)/t19-,21+,26+,27-,28-,29+,30-,31+/m0/s1. The molecule has 3 saturated carbocycles. The van der Waals surface area contributed by atoms with Gasteiger partial charge in [0.15, 0.2) is 11.6 Å². The van der Waals surface area contributed by atoms with E-state index in [0.29, 0.717) is 19.3 Å². The molecule has 0 spiro atoms. The molecule has 5 aliphatic rings. The highest BCUT2D eigenvalue weighted by Crippen LogP contribution is 2.75. The maximum atomic E-state index is 14.3. The fourth-order valence-corrected chi connectivity index (χ4v) is 9.95. The van der Waals surface area contributed by atoms with E-state index < -0.39 is 44.6 Å². The van der Waals surface area contributed by atoms with Gasteiger partial charge in [0.1, 0.15) is 11.7 Å². The number of allylic oxidation sites excluding steroid dienone is 3. The van der Waals surface area contributed by atoms with Crippen molar-refractivity contribution in [3.8, 4) is 6.07 Å². The predicted molar refractivity (Wildman–Crippen MR) is 138 cm³/mol. The van der Waals surface area contributed by atoms with Crippen molar-refractivity contribution in [1.82, 2.24) is 0 Å². The van der Waals surface area contributed by atoms with Gasteiger partial charge in [-0.15, -0.1) is 0 Å². The van der Waals surface area contributed by atoms with E-state index in [1.807, 2.05) is 20.8 Å². The summed E-state index contributed by atoms with van der Waals surface area (Å²) in [7, 11) is 0. The minimum Gasteiger partial charge on any atom is -0.481 e. The SMILES string of the molecule is CC1(C)C(=O)C(C#N)=C[C@]2(C)C3=CC(=O)[C@]4(O)[C@@H]5C[C@@](C)(C(=O)O)CC[C@]5(C)CC[C@@]4(C)[C@]3(C)CC[C@@H]12. The first-order valence-corrected chi connectivity index (χ1v) is 13.8. The highest BCUT2D eigenvalue weighted by molar-refractivity contribution is 6.05. The number of carbonyl (C=O) groups is 3. The molecule has 6 heteroatoms. The van der Waals surface area contributed by atoms with Crippen LogP contribution in [0, 0.1) is 55.7 Å². The minimum absolute atomic E-state index is 0.0645. The average molecular weight is 508 g/mol. The Bertz CT molecular complexity index is 1240. The molecule has 37 heavy (non-hydrogen) atoms. The maximum Gasteiger partial charge on any atom is 0.309 e. The molecule has 8 atom stereocenters. The Hall–Kier alpha value is -2.26. The number of nitriles is 1. The first kappa shape index (κ1) is 26.4. The summed E-state index contributed by atoms with van der Waals surface area (Å²) in [6.07, 6.45) is 7.88. The molecule has 2 N–H and O–H groups in total. The van der Waals surface area contributed by atoms with Crippen LogP contribution in [0.4, 0.5) is 0 Å². The Labute approximate surface area is 220 Å². The Morgan fingerprint density at radius 1 is 0.973 bits per heavy atom. The molecule has 0 amide bonds. The van der Waals surface area contributed by atoms with Crippen LogP contribution in [0.2, 0.25) is 0 Å². The lowest BCUT2D eigenvalue weighted by atomic mass is 9.33. The van der Waals surface area contributed by atoms with E-state index in [9.17, 15) is 29.9 Å².